The summed E-state index contributed by atoms with van der Waals surface area (Å²) in [4.78, 5) is 0. The molecule has 0 aliphatic heterocycles. The maximum absolute atomic E-state index is 5.56. The van der Waals surface area contributed by atoms with Crippen LogP contribution in [0, 0.1) is 0 Å². The third kappa shape index (κ3) is 2.07. The van der Waals surface area contributed by atoms with E-state index in [0.29, 0.717) is 0 Å². The van der Waals surface area contributed by atoms with E-state index in [2.05, 4.69) is 35.3 Å². The van der Waals surface area contributed by atoms with Crippen LogP contribution in [0.1, 0.15) is 13.3 Å². The number of fused-ring (bicyclic) bond motifs is 1. The van der Waals surface area contributed by atoms with Gasteiger partial charge in [0.05, 0.1) is 0 Å². The van der Waals surface area contributed by atoms with Crippen LogP contribution in [0.5, 0.6) is 5.75 Å². The molecule has 1 aromatic heterocycles. The van der Waals surface area contributed by atoms with Gasteiger partial charge in [0.15, 0.2) is 0 Å². The van der Waals surface area contributed by atoms with Crippen molar-refractivity contribution in [2.24, 2.45) is 0 Å². The van der Waals surface area contributed by atoms with Gasteiger partial charge in [0.1, 0.15) is 0 Å². The Bertz CT molecular complexity index is 392. The van der Waals surface area contributed by atoms with Crippen molar-refractivity contribution in [2.45, 2.75) is 13.3 Å². The van der Waals surface area contributed by atoms with E-state index in [9.17, 15) is 0 Å². The predicted molar refractivity (Wildman–Crippen MR) is 56.7 cm³/mol. The van der Waals surface area contributed by atoms with Crippen molar-refractivity contribution >= 4 is 29.2 Å². The molecule has 0 amide bonds. The fourth-order valence-electron chi connectivity index (χ4n) is 1.25. The van der Waals surface area contributed by atoms with Crippen molar-refractivity contribution in [3.05, 3.63) is 28.3 Å². The molecule has 68 valence electrons. The van der Waals surface area contributed by atoms with Gasteiger partial charge in [-0.05, 0) is 0 Å². The second kappa shape index (κ2) is 4.17. The Morgan fingerprint density at radius 2 is 2.23 bits per heavy atom. The molecule has 0 saturated carbocycles. The van der Waals surface area contributed by atoms with Gasteiger partial charge >= 0.3 is 88.0 Å². The van der Waals surface area contributed by atoms with Crippen LogP contribution in [-0.4, -0.2) is 27.0 Å². The third-order valence-electron chi connectivity index (χ3n) is 1.90. The summed E-state index contributed by atoms with van der Waals surface area (Å²) in [5.74, 6) is 1.01. The van der Waals surface area contributed by atoms with Gasteiger partial charge < -0.3 is 0 Å². The van der Waals surface area contributed by atoms with Gasteiger partial charge in [-0.2, -0.15) is 0 Å². The van der Waals surface area contributed by atoms with E-state index in [4.69, 9.17) is 4.74 Å². The van der Waals surface area contributed by atoms with Gasteiger partial charge in [-0.25, -0.2) is 0 Å². The topological polar surface area (TPSA) is 9.23 Å². The fourth-order valence-corrected chi connectivity index (χ4v) is 3.45. The second-order valence-electron chi connectivity index (χ2n) is 2.97. The average molecular weight is 288 g/mol. The predicted octanol–water partition coefficient (Wildman–Crippen LogP) is 2.69. The van der Waals surface area contributed by atoms with E-state index in [1.54, 1.807) is 0 Å². The molecule has 1 heterocycles. The summed E-state index contributed by atoms with van der Waals surface area (Å²) in [6.07, 6.45) is 1.07. The van der Waals surface area contributed by atoms with Crippen LogP contribution >= 0.6 is 0 Å². The van der Waals surface area contributed by atoms with E-state index in [1.807, 2.05) is 0 Å². The zero-order valence-electron chi connectivity index (χ0n) is 7.62. The van der Waals surface area contributed by atoms with Crippen LogP contribution in [0.2, 0.25) is 0 Å². The molecule has 0 aliphatic rings. The van der Waals surface area contributed by atoms with Crippen molar-refractivity contribution in [1.82, 2.24) is 0 Å². The van der Waals surface area contributed by atoms with E-state index in [1.165, 1.54) is 8.79 Å². The van der Waals surface area contributed by atoms with Crippen LogP contribution in [0.4, 0.5) is 0 Å². The molecular weight excluding hydrogens is 276 g/mol. The Labute approximate surface area is 87.9 Å². The minimum absolute atomic E-state index is 0.00593. The normalized spacial score (nSPS) is 10.5. The van der Waals surface area contributed by atoms with E-state index >= 15 is 0 Å². The Hall–Kier alpha value is -0.450. The number of ether oxygens (including phenoxy) is 1. The molecule has 0 saturated heterocycles. The molecule has 0 aliphatic carbocycles. The van der Waals surface area contributed by atoms with E-state index in [-0.39, 0.29) is 20.4 Å². The first-order valence-electron chi connectivity index (χ1n) is 4.50. The number of hydrogen-bond acceptors (Lipinski definition) is 1. The molecule has 0 spiro atoms. The third-order valence-corrected chi connectivity index (χ3v) is 4.46. The standard InChI is InChI=1S/C11H12OTe/c1-2-6-12-10-3-4-11-9(8-10)5-7-13-11/h3-5,7-8H,2,6H2,1H3. The molecular formula is C11H12OTe. The summed E-state index contributed by atoms with van der Waals surface area (Å²) in [6.45, 7) is 2.94. The van der Waals surface area contributed by atoms with Crippen molar-refractivity contribution in [3.63, 3.8) is 0 Å². The quantitative estimate of drug-likeness (QED) is 0.789. The molecule has 2 heteroatoms. The summed E-state index contributed by atoms with van der Waals surface area (Å²) in [6, 6.07) is 8.67. The Balaban J connectivity index is 2.26. The Morgan fingerprint density at radius 3 is 3.08 bits per heavy atom. The van der Waals surface area contributed by atoms with Crippen LogP contribution in [0.25, 0.3) is 8.79 Å². The Kier molecular flexibility index (Phi) is 2.93. The summed E-state index contributed by atoms with van der Waals surface area (Å²) >= 11 is -0.00593. The average Bonchev–Trinajstić information content (AvgIpc) is 2.61. The van der Waals surface area contributed by atoms with Crippen LogP contribution in [0.3, 0.4) is 0 Å². The number of benzene rings is 1. The second-order valence-corrected chi connectivity index (χ2v) is 5.67. The summed E-state index contributed by atoms with van der Waals surface area (Å²) in [5, 5.41) is 1.37. The molecule has 1 nitrogen and oxygen atoms in total. The molecule has 2 rings (SSSR count). The molecule has 0 N–H and O–H groups in total. The summed E-state index contributed by atoms with van der Waals surface area (Å²) in [5.41, 5.74) is 0. The van der Waals surface area contributed by atoms with Crippen LogP contribution in [-0.2, 0) is 0 Å². The summed E-state index contributed by atoms with van der Waals surface area (Å²) < 4.78 is 9.42. The van der Waals surface area contributed by atoms with Gasteiger partial charge in [-0.15, -0.1) is 0 Å². The van der Waals surface area contributed by atoms with E-state index < -0.39 is 0 Å². The van der Waals surface area contributed by atoms with Gasteiger partial charge in [0.25, 0.3) is 0 Å². The molecule has 0 unspecified atom stereocenters. The maximum atomic E-state index is 5.56. The molecule has 0 bridgehead atoms. The number of rotatable bonds is 3. The zero-order valence-corrected chi connectivity index (χ0v) is 9.95. The zero-order chi connectivity index (χ0) is 9.10. The summed E-state index contributed by atoms with van der Waals surface area (Å²) in [7, 11) is 0. The molecule has 2 aromatic rings. The number of hydrogen-bond donors (Lipinski definition) is 0. The van der Waals surface area contributed by atoms with Gasteiger partial charge in [0.2, 0.25) is 0 Å². The monoisotopic (exact) mass is 290 g/mol. The molecule has 13 heavy (non-hydrogen) atoms. The van der Waals surface area contributed by atoms with Gasteiger partial charge in [-0.3, -0.25) is 0 Å². The van der Waals surface area contributed by atoms with Crippen molar-refractivity contribution in [3.8, 4) is 5.75 Å². The van der Waals surface area contributed by atoms with Crippen LogP contribution < -0.4 is 4.74 Å². The van der Waals surface area contributed by atoms with Gasteiger partial charge in [0, 0.05) is 0 Å². The Morgan fingerprint density at radius 1 is 1.31 bits per heavy atom. The molecule has 1 aromatic carbocycles. The SMILES string of the molecule is CCCOc1ccc2[te]ccc2c1. The molecule has 0 fully saturated rings. The van der Waals surface area contributed by atoms with Crippen LogP contribution in [0.15, 0.2) is 28.3 Å². The van der Waals surface area contributed by atoms with Crippen molar-refractivity contribution in [1.29, 1.82) is 0 Å². The van der Waals surface area contributed by atoms with Crippen molar-refractivity contribution < 1.29 is 4.74 Å². The first kappa shape index (κ1) is 9.12. The van der Waals surface area contributed by atoms with Gasteiger partial charge in [-0.1, -0.05) is 0 Å². The minimum atomic E-state index is -0.00593. The first-order chi connectivity index (χ1) is 6.40. The molecule has 0 atom stereocenters. The van der Waals surface area contributed by atoms with E-state index in [0.717, 1.165) is 18.8 Å². The molecule has 0 radical (unpaired) electrons. The fraction of sp³-hybridized carbons (Fsp3) is 0.273. The van der Waals surface area contributed by atoms with Crippen molar-refractivity contribution in [2.75, 3.05) is 6.61 Å². The first-order valence-corrected chi connectivity index (χ1v) is 7.01.